The number of aliphatic hydroxyl groups is 1. The molecule has 1 unspecified atom stereocenters. The summed E-state index contributed by atoms with van der Waals surface area (Å²) < 4.78 is 4.65. The number of carbonyl (C=O) groups excluding carboxylic acids is 1. The first-order valence-electron chi connectivity index (χ1n) is 6.60. The second-order valence-electron chi connectivity index (χ2n) is 4.48. The Labute approximate surface area is 124 Å². The zero-order valence-electron chi connectivity index (χ0n) is 11.7. The van der Waals surface area contributed by atoms with Gasteiger partial charge in [-0.25, -0.2) is 4.79 Å². The summed E-state index contributed by atoms with van der Waals surface area (Å²) in [6, 6.07) is 16.5. The summed E-state index contributed by atoms with van der Waals surface area (Å²) in [7, 11) is 1.35. The lowest BCUT2D eigenvalue weighted by atomic mass is 9.99. The summed E-state index contributed by atoms with van der Waals surface area (Å²) in [6.07, 6.45) is 0. The van der Waals surface area contributed by atoms with Gasteiger partial charge >= 0.3 is 5.97 Å². The van der Waals surface area contributed by atoms with Crippen molar-refractivity contribution in [1.82, 2.24) is 0 Å². The van der Waals surface area contributed by atoms with E-state index in [1.165, 1.54) is 7.11 Å². The molecule has 2 aromatic carbocycles. The van der Waals surface area contributed by atoms with Crippen LogP contribution in [0.15, 0.2) is 54.6 Å². The Bertz CT molecular complexity index is 648. The third-order valence-corrected chi connectivity index (χ3v) is 3.08. The Morgan fingerprint density at radius 3 is 2.38 bits per heavy atom. The van der Waals surface area contributed by atoms with Crippen LogP contribution in [0.1, 0.15) is 27.4 Å². The Hall–Kier alpha value is -2.57. The predicted molar refractivity (Wildman–Crippen MR) is 80.9 cm³/mol. The number of ether oxygens (including phenoxy) is 1. The SMILES string of the molecule is COC(=O)c1ccc(C(C#Cc2ccccc2)CO)cc1. The number of esters is 1. The highest BCUT2D eigenvalue weighted by molar-refractivity contribution is 5.89. The topological polar surface area (TPSA) is 46.5 Å². The predicted octanol–water partition coefficient (Wildman–Crippen LogP) is 2.60. The van der Waals surface area contributed by atoms with E-state index in [2.05, 4.69) is 16.6 Å². The molecule has 0 saturated heterocycles. The number of methoxy groups -OCH3 is 1. The first-order valence-corrected chi connectivity index (χ1v) is 6.60. The minimum Gasteiger partial charge on any atom is -0.465 e. The molecular weight excluding hydrogens is 264 g/mol. The van der Waals surface area contributed by atoms with Crippen LogP contribution in [-0.4, -0.2) is 24.8 Å². The fourth-order valence-corrected chi connectivity index (χ4v) is 1.90. The molecule has 3 heteroatoms. The van der Waals surface area contributed by atoms with Crippen LogP contribution in [-0.2, 0) is 4.74 Å². The first-order chi connectivity index (χ1) is 10.2. The van der Waals surface area contributed by atoms with Gasteiger partial charge in [0.05, 0.1) is 25.2 Å². The fourth-order valence-electron chi connectivity index (χ4n) is 1.90. The Balaban J connectivity index is 2.18. The second-order valence-corrected chi connectivity index (χ2v) is 4.48. The minimum absolute atomic E-state index is 0.0720. The Morgan fingerprint density at radius 1 is 1.14 bits per heavy atom. The number of rotatable bonds is 3. The van der Waals surface area contributed by atoms with E-state index in [1.807, 2.05) is 30.3 Å². The number of hydrogen-bond acceptors (Lipinski definition) is 3. The third-order valence-electron chi connectivity index (χ3n) is 3.08. The van der Waals surface area contributed by atoms with Crippen molar-refractivity contribution in [2.24, 2.45) is 0 Å². The maximum Gasteiger partial charge on any atom is 0.337 e. The van der Waals surface area contributed by atoms with E-state index in [4.69, 9.17) is 0 Å². The lowest BCUT2D eigenvalue weighted by Gasteiger charge is -2.08. The third kappa shape index (κ3) is 3.95. The van der Waals surface area contributed by atoms with Crippen LogP contribution in [0, 0.1) is 11.8 Å². The molecule has 21 heavy (non-hydrogen) atoms. The summed E-state index contributed by atoms with van der Waals surface area (Å²) in [5.41, 5.74) is 2.25. The smallest absolute Gasteiger partial charge is 0.337 e. The van der Waals surface area contributed by atoms with Gasteiger partial charge in [-0.1, -0.05) is 42.2 Å². The molecule has 0 amide bonds. The van der Waals surface area contributed by atoms with Crippen LogP contribution >= 0.6 is 0 Å². The van der Waals surface area contributed by atoms with Crippen LogP contribution < -0.4 is 0 Å². The van der Waals surface area contributed by atoms with E-state index in [0.29, 0.717) is 5.56 Å². The summed E-state index contributed by atoms with van der Waals surface area (Å²) in [5.74, 6) is 5.43. The normalized spacial score (nSPS) is 11.1. The quantitative estimate of drug-likeness (QED) is 0.694. The van der Waals surface area contributed by atoms with Gasteiger partial charge in [-0.15, -0.1) is 0 Å². The van der Waals surface area contributed by atoms with Gasteiger partial charge in [0.15, 0.2) is 0 Å². The summed E-state index contributed by atoms with van der Waals surface area (Å²) in [4.78, 5) is 11.4. The largest absolute Gasteiger partial charge is 0.465 e. The van der Waals surface area contributed by atoms with Crippen molar-refractivity contribution in [2.45, 2.75) is 5.92 Å². The molecule has 0 saturated carbocycles. The van der Waals surface area contributed by atoms with Crippen molar-refractivity contribution in [2.75, 3.05) is 13.7 Å². The fraction of sp³-hybridized carbons (Fsp3) is 0.167. The Morgan fingerprint density at radius 2 is 1.81 bits per heavy atom. The zero-order chi connectivity index (χ0) is 15.1. The number of carbonyl (C=O) groups is 1. The maximum absolute atomic E-state index is 11.4. The molecule has 0 aromatic heterocycles. The van der Waals surface area contributed by atoms with Gasteiger partial charge in [-0.2, -0.15) is 0 Å². The molecule has 0 fully saturated rings. The first kappa shape index (κ1) is 14.8. The van der Waals surface area contributed by atoms with Gasteiger partial charge < -0.3 is 9.84 Å². The lowest BCUT2D eigenvalue weighted by molar-refractivity contribution is 0.0600. The van der Waals surface area contributed by atoms with Crippen LogP contribution in [0.4, 0.5) is 0 Å². The van der Waals surface area contributed by atoms with E-state index < -0.39 is 0 Å². The monoisotopic (exact) mass is 280 g/mol. The molecule has 0 radical (unpaired) electrons. The number of aliphatic hydroxyl groups excluding tert-OH is 1. The summed E-state index contributed by atoms with van der Waals surface area (Å²) >= 11 is 0. The van der Waals surface area contributed by atoms with Crippen LogP contribution in [0.2, 0.25) is 0 Å². The lowest BCUT2D eigenvalue weighted by Crippen LogP contribution is -2.04. The molecule has 106 valence electrons. The van der Waals surface area contributed by atoms with Crippen molar-refractivity contribution in [3.05, 3.63) is 71.3 Å². The van der Waals surface area contributed by atoms with Crippen LogP contribution in [0.3, 0.4) is 0 Å². The molecule has 0 heterocycles. The van der Waals surface area contributed by atoms with Crippen molar-refractivity contribution >= 4 is 5.97 Å². The molecular formula is C18H16O3. The highest BCUT2D eigenvalue weighted by Crippen LogP contribution is 2.16. The summed E-state index contributed by atoms with van der Waals surface area (Å²) in [6.45, 7) is -0.0720. The molecule has 0 aliphatic heterocycles. The highest BCUT2D eigenvalue weighted by atomic mass is 16.5. The molecule has 1 N–H and O–H groups in total. The molecule has 2 aromatic rings. The molecule has 0 bridgehead atoms. The van der Waals surface area contributed by atoms with Gasteiger partial charge in [0, 0.05) is 5.56 Å². The van der Waals surface area contributed by atoms with E-state index in [-0.39, 0.29) is 18.5 Å². The van der Waals surface area contributed by atoms with Gasteiger partial charge in [-0.05, 0) is 29.8 Å². The van der Waals surface area contributed by atoms with Crippen molar-refractivity contribution in [1.29, 1.82) is 0 Å². The molecule has 2 rings (SSSR count). The average Bonchev–Trinajstić information content (AvgIpc) is 2.56. The van der Waals surface area contributed by atoms with Crippen LogP contribution in [0.5, 0.6) is 0 Å². The molecule has 1 atom stereocenters. The number of benzene rings is 2. The molecule has 3 nitrogen and oxygen atoms in total. The molecule has 0 aliphatic carbocycles. The highest BCUT2D eigenvalue weighted by Gasteiger charge is 2.09. The van der Waals surface area contributed by atoms with Crippen molar-refractivity contribution in [3.63, 3.8) is 0 Å². The van der Waals surface area contributed by atoms with E-state index in [9.17, 15) is 9.90 Å². The van der Waals surface area contributed by atoms with Gasteiger partial charge in [-0.3, -0.25) is 0 Å². The maximum atomic E-state index is 11.4. The number of hydrogen-bond donors (Lipinski definition) is 1. The van der Waals surface area contributed by atoms with Gasteiger partial charge in [0.25, 0.3) is 0 Å². The van der Waals surface area contributed by atoms with Gasteiger partial charge in [0.1, 0.15) is 0 Å². The minimum atomic E-state index is -0.377. The van der Waals surface area contributed by atoms with Crippen molar-refractivity contribution < 1.29 is 14.6 Å². The zero-order valence-corrected chi connectivity index (χ0v) is 11.7. The molecule has 0 spiro atoms. The average molecular weight is 280 g/mol. The van der Waals surface area contributed by atoms with E-state index in [1.54, 1.807) is 24.3 Å². The summed E-state index contributed by atoms with van der Waals surface area (Å²) in [5, 5.41) is 9.49. The standard InChI is InChI=1S/C18H16O3/c1-21-18(20)16-11-9-15(10-12-16)17(13-19)8-7-14-5-3-2-4-6-14/h2-6,9-12,17,19H,13H2,1H3. The molecule has 0 aliphatic rings. The van der Waals surface area contributed by atoms with E-state index in [0.717, 1.165) is 11.1 Å². The van der Waals surface area contributed by atoms with E-state index >= 15 is 0 Å². The van der Waals surface area contributed by atoms with Gasteiger partial charge in [0.2, 0.25) is 0 Å². The Kier molecular flexibility index (Phi) is 5.14. The van der Waals surface area contributed by atoms with Crippen LogP contribution in [0.25, 0.3) is 0 Å². The second kappa shape index (κ2) is 7.28. The van der Waals surface area contributed by atoms with Crippen molar-refractivity contribution in [3.8, 4) is 11.8 Å².